The zero-order valence-corrected chi connectivity index (χ0v) is 13.5. The number of hydrogen-bond donors (Lipinski definition) is 1. The first-order valence-electron chi connectivity index (χ1n) is 6.84. The number of carbonyl (C=O) groups excluding carboxylic acids is 2. The third-order valence-corrected chi connectivity index (χ3v) is 3.38. The molecule has 0 saturated carbocycles. The van der Waals surface area contributed by atoms with Crippen molar-refractivity contribution in [3.63, 3.8) is 0 Å². The molecular formula is C15H22ClN3O2. The van der Waals surface area contributed by atoms with Crippen molar-refractivity contribution in [2.24, 2.45) is 0 Å². The fourth-order valence-corrected chi connectivity index (χ4v) is 2.01. The second-order valence-corrected chi connectivity index (χ2v) is 5.45. The van der Waals surface area contributed by atoms with Gasteiger partial charge in [0.1, 0.15) is 0 Å². The van der Waals surface area contributed by atoms with E-state index in [0.29, 0.717) is 30.2 Å². The Morgan fingerprint density at radius 1 is 1.14 bits per heavy atom. The molecule has 0 aromatic heterocycles. The number of carbonyl (C=O) groups is 2. The minimum absolute atomic E-state index is 0.00356. The first kappa shape index (κ1) is 17.5. The number of amides is 2. The summed E-state index contributed by atoms with van der Waals surface area (Å²) in [5, 5.41) is 3.20. The van der Waals surface area contributed by atoms with Gasteiger partial charge in [-0.2, -0.15) is 0 Å². The average Bonchev–Trinajstić information content (AvgIpc) is 2.42. The van der Waals surface area contributed by atoms with Gasteiger partial charge in [-0.3, -0.25) is 9.59 Å². The number of likely N-dealkylation sites (N-methyl/N-ethyl adjacent to an activating group) is 1. The summed E-state index contributed by atoms with van der Waals surface area (Å²) in [4.78, 5) is 27.2. The van der Waals surface area contributed by atoms with Gasteiger partial charge in [0.05, 0.1) is 10.6 Å². The van der Waals surface area contributed by atoms with Crippen molar-refractivity contribution in [3.8, 4) is 0 Å². The van der Waals surface area contributed by atoms with E-state index in [9.17, 15) is 9.59 Å². The van der Waals surface area contributed by atoms with E-state index >= 15 is 0 Å². The summed E-state index contributed by atoms with van der Waals surface area (Å²) in [5.41, 5.74) is 0.446. The van der Waals surface area contributed by atoms with Gasteiger partial charge in [-0.05, 0) is 26.2 Å². The third-order valence-electron chi connectivity index (χ3n) is 3.05. The zero-order chi connectivity index (χ0) is 15.8. The van der Waals surface area contributed by atoms with Crippen LogP contribution in [-0.2, 0) is 4.79 Å². The molecule has 1 aromatic carbocycles. The van der Waals surface area contributed by atoms with Crippen molar-refractivity contribution in [1.82, 2.24) is 15.1 Å². The third kappa shape index (κ3) is 6.14. The summed E-state index contributed by atoms with van der Waals surface area (Å²) < 4.78 is 0. The molecular weight excluding hydrogens is 290 g/mol. The molecule has 0 aliphatic rings. The van der Waals surface area contributed by atoms with Crippen molar-refractivity contribution in [3.05, 3.63) is 34.9 Å². The van der Waals surface area contributed by atoms with Gasteiger partial charge >= 0.3 is 0 Å². The maximum atomic E-state index is 12.0. The van der Waals surface area contributed by atoms with E-state index < -0.39 is 0 Å². The zero-order valence-electron chi connectivity index (χ0n) is 12.7. The minimum atomic E-state index is -0.225. The van der Waals surface area contributed by atoms with E-state index in [1.807, 2.05) is 19.0 Å². The number of benzene rings is 1. The van der Waals surface area contributed by atoms with Gasteiger partial charge in [0.15, 0.2) is 0 Å². The standard InChI is InChI=1S/C15H22ClN3O2/c1-12(20)19(11-10-18(2)3)9-8-17-15(21)13-6-4-5-7-14(13)16/h4-7H,8-11H2,1-3H3,(H,17,21). The Balaban J connectivity index is 2.45. The van der Waals surface area contributed by atoms with E-state index in [2.05, 4.69) is 5.32 Å². The van der Waals surface area contributed by atoms with Crippen LogP contribution in [0.4, 0.5) is 0 Å². The Hall–Kier alpha value is -1.59. The first-order chi connectivity index (χ1) is 9.91. The first-order valence-corrected chi connectivity index (χ1v) is 7.22. The average molecular weight is 312 g/mol. The maximum absolute atomic E-state index is 12.0. The molecule has 0 spiro atoms. The molecule has 0 saturated heterocycles. The van der Waals surface area contributed by atoms with Gasteiger partial charge in [-0.25, -0.2) is 0 Å². The number of rotatable bonds is 7. The lowest BCUT2D eigenvalue weighted by molar-refractivity contribution is -0.128. The molecule has 5 nitrogen and oxygen atoms in total. The van der Waals surface area contributed by atoms with Crippen molar-refractivity contribution in [1.29, 1.82) is 0 Å². The molecule has 0 aliphatic carbocycles. The Bertz CT molecular complexity index is 492. The van der Waals surface area contributed by atoms with Crippen LogP contribution in [-0.4, -0.2) is 61.9 Å². The van der Waals surface area contributed by atoms with Crippen LogP contribution in [0.3, 0.4) is 0 Å². The van der Waals surface area contributed by atoms with Crippen LogP contribution < -0.4 is 5.32 Å². The molecule has 2 amide bonds. The molecule has 0 radical (unpaired) electrons. The van der Waals surface area contributed by atoms with Crippen LogP contribution in [0.1, 0.15) is 17.3 Å². The monoisotopic (exact) mass is 311 g/mol. The number of hydrogen-bond acceptors (Lipinski definition) is 3. The van der Waals surface area contributed by atoms with Crippen LogP contribution >= 0.6 is 11.6 Å². The van der Waals surface area contributed by atoms with Crippen molar-refractivity contribution < 1.29 is 9.59 Å². The molecule has 0 unspecified atom stereocenters. The van der Waals surface area contributed by atoms with Crippen LogP contribution in [0.2, 0.25) is 5.02 Å². The van der Waals surface area contributed by atoms with E-state index in [1.165, 1.54) is 6.92 Å². The molecule has 6 heteroatoms. The molecule has 0 heterocycles. The van der Waals surface area contributed by atoms with E-state index in [-0.39, 0.29) is 11.8 Å². The lowest BCUT2D eigenvalue weighted by Crippen LogP contribution is -2.40. The van der Waals surface area contributed by atoms with Crippen molar-refractivity contribution in [2.45, 2.75) is 6.92 Å². The van der Waals surface area contributed by atoms with Gasteiger partial charge in [0.2, 0.25) is 5.91 Å². The molecule has 1 rings (SSSR count). The molecule has 0 fully saturated rings. The Kier molecular flexibility index (Phi) is 7.19. The highest BCUT2D eigenvalue weighted by Crippen LogP contribution is 2.14. The number of nitrogens with zero attached hydrogens (tertiary/aromatic N) is 2. The van der Waals surface area contributed by atoms with E-state index in [0.717, 1.165) is 6.54 Å². The normalized spacial score (nSPS) is 10.5. The van der Waals surface area contributed by atoms with Crippen LogP contribution in [0.15, 0.2) is 24.3 Å². The Labute approximate surface area is 130 Å². The second kappa shape index (κ2) is 8.64. The highest BCUT2D eigenvalue weighted by Gasteiger charge is 2.11. The smallest absolute Gasteiger partial charge is 0.252 e. The van der Waals surface area contributed by atoms with Crippen molar-refractivity contribution in [2.75, 3.05) is 40.3 Å². The Morgan fingerprint density at radius 3 is 2.38 bits per heavy atom. The van der Waals surface area contributed by atoms with Gasteiger partial charge in [-0.15, -0.1) is 0 Å². The highest BCUT2D eigenvalue weighted by molar-refractivity contribution is 6.33. The molecule has 0 atom stereocenters. The quantitative estimate of drug-likeness (QED) is 0.830. The predicted octanol–water partition coefficient (Wildman–Crippen LogP) is 1.48. The summed E-state index contributed by atoms with van der Waals surface area (Å²) in [7, 11) is 3.91. The number of halogens is 1. The summed E-state index contributed by atoms with van der Waals surface area (Å²) >= 11 is 5.96. The topological polar surface area (TPSA) is 52.7 Å². The summed E-state index contributed by atoms with van der Waals surface area (Å²) in [6, 6.07) is 6.89. The second-order valence-electron chi connectivity index (χ2n) is 5.05. The summed E-state index contributed by atoms with van der Waals surface area (Å²) in [6.45, 7) is 3.85. The summed E-state index contributed by atoms with van der Waals surface area (Å²) in [6.07, 6.45) is 0. The van der Waals surface area contributed by atoms with Gasteiger partial charge in [0, 0.05) is 33.1 Å². The molecule has 1 aromatic rings. The van der Waals surface area contributed by atoms with Crippen molar-refractivity contribution >= 4 is 23.4 Å². The van der Waals surface area contributed by atoms with Crippen LogP contribution in [0.5, 0.6) is 0 Å². The van der Waals surface area contributed by atoms with Gasteiger partial charge < -0.3 is 15.1 Å². The lowest BCUT2D eigenvalue weighted by Gasteiger charge is -2.23. The minimum Gasteiger partial charge on any atom is -0.350 e. The fourth-order valence-electron chi connectivity index (χ4n) is 1.79. The van der Waals surface area contributed by atoms with Crippen LogP contribution in [0, 0.1) is 0 Å². The molecule has 21 heavy (non-hydrogen) atoms. The molecule has 0 aliphatic heterocycles. The van der Waals surface area contributed by atoms with E-state index in [4.69, 9.17) is 11.6 Å². The largest absolute Gasteiger partial charge is 0.350 e. The number of nitrogens with one attached hydrogen (secondary N) is 1. The lowest BCUT2D eigenvalue weighted by atomic mass is 10.2. The maximum Gasteiger partial charge on any atom is 0.252 e. The fraction of sp³-hybridized carbons (Fsp3) is 0.467. The van der Waals surface area contributed by atoms with Gasteiger partial charge in [-0.1, -0.05) is 23.7 Å². The SMILES string of the molecule is CC(=O)N(CCNC(=O)c1ccccc1Cl)CCN(C)C. The van der Waals surface area contributed by atoms with Crippen LogP contribution in [0.25, 0.3) is 0 Å². The Morgan fingerprint density at radius 2 is 1.81 bits per heavy atom. The summed E-state index contributed by atoms with van der Waals surface area (Å²) in [5.74, 6) is -0.222. The molecule has 0 bridgehead atoms. The van der Waals surface area contributed by atoms with E-state index in [1.54, 1.807) is 29.2 Å². The highest BCUT2D eigenvalue weighted by atomic mass is 35.5. The molecule has 116 valence electrons. The molecule has 1 N–H and O–H groups in total. The predicted molar refractivity (Wildman–Crippen MR) is 84.6 cm³/mol. The van der Waals surface area contributed by atoms with Gasteiger partial charge in [0.25, 0.3) is 5.91 Å².